The lowest BCUT2D eigenvalue weighted by molar-refractivity contribution is -0.114. The van der Waals surface area contributed by atoms with Gasteiger partial charge in [-0.15, -0.1) is 11.3 Å². The van der Waals surface area contributed by atoms with Gasteiger partial charge in [-0.05, 0) is 45.7 Å². The van der Waals surface area contributed by atoms with Gasteiger partial charge in [-0.2, -0.15) is 4.98 Å². The van der Waals surface area contributed by atoms with E-state index in [2.05, 4.69) is 15.2 Å². The van der Waals surface area contributed by atoms with Crippen molar-refractivity contribution in [2.24, 2.45) is 0 Å². The third-order valence-corrected chi connectivity index (χ3v) is 6.63. The summed E-state index contributed by atoms with van der Waals surface area (Å²) in [7, 11) is 0. The Balaban J connectivity index is 1.45. The normalized spacial score (nSPS) is 20.4. The summed E-state index contributed by atoms with van der Waals surface area (Å²) in [4.78, 5) is 37.6. The van der Waals surface area contributed by atoms with Crippen molar-refractivity contribution in [1.29, 1.82) is 0 Å². The molecule has 174 valence electrons. The topological polar surface area (TPSA) is 101 Å². The Kier molecular flexibility index (Phi) is 5.27. The number of anilines is 2. The number of thiazole rings is 1. The number of rotatable bonds is 3. The minimum absolute atomic E-state index is 0.0574. The minimum atomic E-state index is -0.522. The van der Waals surface area contributed by atoms with Gasteiger partial charge in [-0.1, -0.05) is 0 Å². The van der Waals surface area contributed by atoms with Crippen LogP contribution in [-0.4, -0.2) is 57.6 Å². The maximum absolute atomic E-state index is 12.8. The van der Waals surface area contributed by atoms with Gasteiger partial charge in [0.1, 0.15) is 16.1 Å². The molecule has 4 heterocycles. The highest BCUT2D eigenvalue weighted by Gasteiger charge is 2.45. The molecule has 2 fully saturated rings. The van der Waals surface area contributed by atoms with Crippen molar-refractivity contribution < 1.29 is 18.7 Å². The third kappa shape index (κ3) is 4.27. The average molecular weight is 470 g/mol. The maximum atomic E-state index is 12.8. The number of piperazine rings is 1. The molecular weight excluding hydrogens is 442 g/mol. The van der Waals surface area contributed by atoms with E-state index in [4.69, 9.17) is 14.1 Å². The van der Waals surface area contributed by atoms with Crippen LogP contribution in [0.5, 0.6) is 0 Å². The SMILES string of the molecule is CC(=O)Nc1cc(-c2nccs2)c2oc(N3CC4CCC(C3)N4C(=O)OC(C)(C)C)nc2c1. The molecule has 2 saturated heterocycles. The van der Waals surface area contributed by atoms with Crippen molar-refractivity contribution in [2.75, 3.05) is 23.3 Å². The number of amides is 2. The van der Waals surface area contributed by atoms with E-state index in [0.717, 1.165) is 23.4 Å². The van der Waals surface area contributed by atoms with Crippen LogP contribution in [0, 0.1) is 0 Å². The summed E-state index contributed by atoms with van der Waals surface area (Å²) in [6.45, 7) is 8.40. The van der Waals surface area contributed by atoms with E-state index in [1.54, 1.807) is 6.20 Å². The zero-order valence-electron chi connectivity index (χ0n) is 19.1. The van der Waals surface area contributed by atoms with Crippen molar-refractivity contribution in [1.82, 2.24) is 14.9 Å². The summed E-state index contributed by atoms with van der Waals surface area (Å²) in [6, 6.07) is 4.31. The molecule has 1 aromatic carbocycles. The number of nitrogens with one attached hydrogen (secondary N) is 1. The van der Waals surface area contributed by atoms with Gasteiger partial charge in [-0.25, -0.2) is 9.78 Å². The summed E-state index contributed by atoms with van der Waals surface area (Å²) in [5, 5.41) is 5.53. The first-order valence-corrected chi connectivity index (χ1v) is 11.9. The zero-order chi connectivity index (χ0) is 23.3. The molecule has 9 nitrogen and oxygen atoms in total. The number of fused-ring (bicyclic) bond motifs is 3. The predicted octanol–water partition coefficient (Wildman–Crippen LogP) is 4.50. The molecule has 0 spiro atoms. The van der Waals surface area contributed by atoms with Crippen LogP contribution >= 0.6 is 11.3 Å². The Hall–Kier alpha value is -3.14. The molecule has 10 heteroatoms. The summed E-state index contributed by atoms with van der Waals surface area (Å²) in [5.41, 5.74) is 2.21. The van der Waals surface area contributed by atoms with E-state index in [1.165, 1.54) is 18.3 Å². The van der Waals surface area contributed by atoms with E-state index in [1.807, 2.05) is 43.2 Å². The standard InChI is InChI=1S/C23H27N5O4S/c1-13(29)25-14-9-17(20-24-7-8-33-20)19-18(10-14)26-21(31-19)27-11-15-5-6-16(12-27)28(15)22(30)32-23(2,3)4/h7-10,15-16H,5-6,11-12H2,1-4H3,(H,25,29). The Bertz CT molecular complexity index is 1190. The van der Waals surface area contributed by atoms with Gasteiger partial charge in [-0.3, -0.25) is 9.69 Å². The highest BCUT2D eigenvalue weighted by molar-refractivity contribution is 7.13. The highest BCUT2D eigenvalue weighted by atomic mass is 32.1. The van der Waals surface area contributed by atoms with E-state index < -0.39 is 5.60 Å². The Labute approximate surface area is 195 Å². The van der Waals surface area contributed by atoms with Crippen molar-refractivity contribution in [2.45, 2.75) is 58.2 Å². The number of hydrogen-bond donors (Lipinski definition) is 1. The number of benzene rings is 1. The number of aromatic nitrogens is 2. The van der Waals surface area contributed by atoms with Gasteiger partial charge in [0.05, 0.1) is 17.6 Å². The van der Waals surface area contributed by atoms with E-state index in [9.17, 15) is 9.59 Å². The molecule has 2 aromatic heterocycles. The maximum Gasteiger partial charge on any atom is 0.410 e. The Morgan fingerprint density at radius 1 is 1.21 bits per heavy atom. The van der Waals surface area contributed by atoms with Gasteiger partial charge >= 0.3 is 6.09 Å². The molecule has 2 aliphatic heterocycles. The second kappa shape index (κ2) is 8.02. The molecule has 33 heavy (non-hydrogen) atoms. The van der Waals surface area contributed by atoms with Crippen LogP contribution < -0.4 is 10.2 Å². The second-order valence-electron chi connectivity index (χ2n) is 9.56. The van der Waals surface area contributed by atoms with Gasteiger partial charge < -0.3 is 19.4 Å². The van der Waals surface area contributed by atoms with Crippen LogP contribution in [0.3, 0.4) is 0 Å². The summed E-state index contributed by atoms with van der Waals surface area (Å²) in [5.74, 6) is -0.155. The molecule has 0 aliphatic carbocycles. The molecule has 5 rings (SSSR count). The molecule has 1 N–H and O–H groups in total. The van der Waals surface area contributed by atoms with Crippen LogP contribution in [0.25, 0.3) is 21.7 Å². The average Bonchev–Trinajstić information content (AvgIpc) is 3.43. The third-order valence-electron chi connectivity index (χ3n) is 5.82. The Morgan fingerprint density at radius 2 is 1.94 bits per heavy atom. The molecule has 2 unspecified atom stereocenters. The number of hydrogen-bond acceptors (Lipinski definition) is 8. The van der Waals surface area contributed by atoms with Crippen LogP contribution in [0.15, 0.2) is 28.1 Å². The quantitative estimate of drug-likeness (QED) is 0.603. The van der Waals surface area contributed by atoms with Crippen LogP contribution in [0.1, 0.15) is 40.5 Å². The molecule has 2 bridgehead atoms. The van der Waals surface area contributed by atoms with Crippen molar-refractivity contribution in [3.63, 3.8) is 0 Å². The van der Waals surface area contributed by atoms with Crippen LogP contribution in [0.4, 0.5) is 16.5 Å². The van der Waals surface area contributed by atoms with Crippen LogP contribution in [-0.2, 0) is 9.53 Å². The highest BCUT2D eigenvalue weighted by Crippen LogP contribution is 2.38. The fraction of sp³-hybridized carbons (Fsp3) is 0.478. The number of carbonyl (C=O) groups excluding carboxylic acids is 2. The number of oxazole rings is 1. The molecule has 3 aromatic rings. The first kappa shape index (κ1) is 21.7. The van der Waals surface area contributed by atoms with Gasteiger partial charge in [0.15, 0.2) is 5.58 Å². The number of nitrogens with zero attached hydrogens (tertiary/aromatic N) is 4. The second-order valence-corrected chi connectivity index (χ2v) is 10.5. The van der Waals surface area contributed by atoms with Gasteiger partial charge in [0.25, 0.3) is 6.01 Å². The van der Waals surface area contributed by atoms with E-state index in [-0.39, 0.29) is 24.1 Å². The Morgan fingerprint density at radius 3 is 2.55 bits per heavy atom. The van der Waals surface area contributed by atoms with Crippen LogP contribution in [0.2, 0.25) is 0 Å². The summed E-state index contributed by atoms with van der Waals surface area (Å²) >= 11 is 1.50. The molecule has 2 atom stereocenters. The van der Waals surface area contributed by atoms with E-state index >= 15 is 0 Å². The first-order valence-electron chi connectivity index (χ1n) is 11.1. The fourth-order valence-electron chi connectivity index (χ4n) is 4.62. The van der Waals surface area contributed by atoms with E-state index in [0.29, 0.717) is 35.9 Å². The lowest BCUT2D eigenvalue weighted by Gasteiger charge is -2.40. The molecule has 2 amide bonds. The lowest BCUT2D eigenvalue weighted by Crippen LogP contribution is -2.56. The smallest absolute Gasteiger partial charge is 0.410 e. The minimum Gasteiger partial charge on any atom is -0.444 e. The molecule has 2 aliphatic rings. The fourth-order valence-corrected chi connectivity index (χ4v) is 5.27. The molecular formula is C23H27N5O4S. The largest absolute Gasteiger partial charge is 0.444 e. The number of carbonyl (C=O) groups is 2. The monoisotopic (exact) mass is 469 g/mol. The lowest BCUT2D eigenvalue weighted by atomic mass is 10.1. The zero-order valence-corrected chi connectivity index (χ0v) is 19.9. The number of ether oxygens (including phenoxy) is 1. The van der Waals surface area contributed by atoms with Crippen molar-refractivity contribution in [3.05, 3.63) is 23.7 Å². The summed E-state index contributed by atoms with van der Waals surface area (Å²) in [6.07, 6.45) is 3.34. The van der Waals surface area contributed by atoms with Gasteiger partial charge in [0.2, 0.25) is 5.91 Å². The van der Waals surface area contributed by atoms with Crippen molar-refractivity contribution in [3.8, 4) is 10.6 Å². The van der Waals surface area contributed by atoms with Crippen molar-refractivity contribution >= 4 is 46.1 Å². The first-order chi connectivity index (χ1) is 15.7. The molecule has 0 radical (unpaired) electrons. The van der Waals surface area contributed by atoms with Gasteiger partial charge in [0, 0.05) is 37.3 Å². The molecule has 0 saturated carbocycles. The predicted molar refractivity (Wildman–Crippen MR) is 127 cm³/mol. The summed E-state index contributed by atoms with van der Waals surface area (Å²) < 4.78 is 11.9.